The maximum atomic E-state index is 13.6. The number of rotatable bonds is 12. The Hall–Kier alpha value is -4.20. The SMILES string of the molecule is CCCCC(CC)CN1C(=O)C(=Cc2cn(-c3ccccc3)nc2-c2ccc(OCc3cccc4ccccc34)cc2)SC1=S. The molecular weight excluding hydrogens is 595 g/mol. The molecule has 0 spiro atoms. The third kappa shape index (κ3) is 7.05. The first-order valence-electron chi connectivity index (χ1n) is 15.6. The van der Waals surface area contributed by atoms with Crippen LogP contribution in [0.5, 0.6) is 5.75 Å². The summed E-state index contributed by atoms with van der Waals surface area (Å²) in [7, 11) is 0. The van der Waals surface area contributed by atoms with E-state index >= 15 is 0 Å². The number of unbranched alkanes of at least 4 members (excludes halogenated alkanes) is 1. The van der Waals surface area contributed by atoms with Gasteiger partial charge in [-0.15, -0.1) is 0 Å². The van der Waals surface area contributed by atoms with E-state index < -0.39 is 0 Å². The van der Waals surface area contributed by atoms with Gasteiger partial charge in [0.2, 0.25) is 0 Å². The van der Waals surface area contributed by atoms with Crippen LogP contribution in [-0.2, 0) is 11.4 Å². The first-order valence-corrected chi connectivity index (χ1v) is 16.9. The maximum absolute atomic E-state index is 13.6. The second-order valence-electron chi connectivity index (χ2n) is 11.4. The molecule has 0 radical (unpaired) electrons. The van der Waals surface area contributed by atoms with Crippen LogP contribution in [0.3, 0.4) is 0 Å². The molecule has 45 heavy (non-hydrogen) atoms. The van der Waals surface area contributed by atoms with E-state index in [1.54, 1.807) is 4.90 Å². The summed E-state index contributed by atoms with van der Waals surface area (Å²) >= 11 is 7.07. The van der Waals surface area contributed by atoms with Gasteiger partial charge >= 0.3 is 0 Å². The zero-order valence-corrected chi connectivity index (χ0v) is 27.3. The van der Waals surface area contributed by atoms with E-state index in [0.29, 0.717) is 28.3 Å². The van der Waals surface area contributed by atoms with Crippen LogP contribution >= 0.6 is 24.0 Å². The van der Waals surface area contributed by atoms with Crippen LogP contribution in [0.2, 0.25) is 0 Å². The number of benzene rings is 4. The highest BCUT2D eigenvalue weighted by molar-refractivity contribution is 8.26. The topological polar surface area (TPSA) is 47.4 Å². The van der Waals surface area contributed by atoms with Gasteiger partial charge in [-0.25, -0.2) is 4.68 Å². The molecule has 1 fully saturated rings. The molecule has 1 saturated heterocycles. The van der Waals surface area contributed by atoms with Crippen LogP contribution in [0, 0.1) is 5.92 Å². The van der Waals surface area contributed by atoms with E-state index in [-0.39, 0.29) is 5.91 Å². The average molecular weight is 632 g/mol. The largest absolute Gasteiger partial charge is 0.489 e. The lowest BCUT2D eigenvalue weighted by Gasteiger charge is -2.21. The van der Waals surface area contributed by atoms with Crippen LogP contribution in [0.15, 0.2) is 108 Å². The van der Waals surface area contributed by atoms with E-state index in [4.69, 9.17) is 22.1 Å². The number of aromatic nitrogens is 2. The normalized spacial score (nSPS) is 14.9. The predicted molar refractivity (Wildman–Crippen MR) is 190 cm³/mol. The lowest BCUT2D eigenvalue weighted by atomic mass is 9.99. The number of hydrogen-bond acceptors (Lipinski definition) is 5. The van der Waals surface area contributed by atoms with E-state index in [1.165, 1.54) is 22.5 Å². The van der Waals surface area contributed by atoms with Crippen molar-refractivity contribution < 1.29 is 9.53 Å². The first kappa shape index (κ1) is 30.8. The van der Waals surface area contributed by atoms with Crippen molar-refractivity contribution in [3.8, 4) is 22.7 Å². The Bertz CT molecular complexity index is 1820. The molecule has 4 aromatic carbocycles. The molecule has 228 valence electrons. The quantitative estimate of drug-likeness (QED) is 0.101. The van der Waals surface area contributed by atoms with Gasteiger partial charge in [0, 0.05) is 23.9 Å². The molecule has 1 aliphatic rings. The number of thiocarbonyl (C=S) groups is 1. The van der Waals surface area contributed by atoms with Gasteiger partial charge in [0.1, 0.15) is 16.7 Å². The summed E-state index contributed by atoms with van der Waals surface area (Å²) in [5.74, 6) is 1.21. The number of amides is 1. The summed E-state index contributed by atoms with van der Waals surface area (Å²) < 4.78 is 8.70. The van der Waals surface area contributed by atoms with Crippen LogP contribution in [0.4, 0.5) is 0 Å². The fourth-order valence-corrected chi connectivity index (χ4v) is 6.96. The summed E-state index contributed by atoms with van der Waals surface area (Å²) in [5.41, 5.74) is 4.69. The molecule has 0 bridgehead atoms. The lowest BCUT2D eigenvalue weighted by molar-refractivity contribution is -0.122. The molecule has 1 amide bonds. The molecule has 5 nitrogen and oxygen atoms in total. The van der Waals surface area contributed by atoms with E-state index in [0.717, 1.165) is 59.5 Å². The van der Waals surface area contributed by atoms with Crippen molar-refractivity contribution in [2.75, 3.05) is 6.54 Å². The van der Waals surface area contributed by atoms with Crippen LogP contribution in [-0.4, -0.2) is 31.5 Å². The van der Waals surface area contributed by atoms with Crippen molar-refractivity contribution in [3.05, 3.63) is 119 Å². The van der Waals surface area contributed by atoms with Gasteiger partial charge in [-0.3, -0.25) is 9.69 Å². The Morgan fingerprint density at radius 1 is 0.933 bits per heavy atom. The first-order chi connectivity index (χ1) is 22.0. The monoisotopic (exact) mass is 631 g/mol. The third-order valence-electron chi connectivity index (χ3n) is 8.31. The smallest absolute Gasteiger partial charge is 0.266 e. The third-order valence-corrected chi connectivity index (χ3v) is 9.69. The number of para-hydroxylation sites is 1. The molecule has 2 heterocycles. The molecule has 0 N–H and O–H groups in total. The molecule has 1 aliphatic heterocycles. The van der Waals surface area contributed by atoms with Gasteiger partial charge in [0.05, 0.1) is 16.3 Å². The second kappa shape index (κ2) is 14.3. The Morgan fingerprint density at radius 2 is 1.69 bits per heavy atom. The second-order valence-corrected chi connectivity index (χ2v) is 13.0. The summed E-state index contributed by atoms with van der Waals surface area (Å²) in [6, 6.07) is 32.7. The van der Waals surface area contributed by atoms with Crippen LogP contribution in [0.1, 0.15) is 50.7 Å². The molecule has 5 aromatic rings. The van der Waals surface area contributed by atoms with Crippen molar-refractivity contribution in [1.82, 2.24) is 14.7 Å². The molecule has 0 saturated carbocycles. The Labute approximate surface area is 274 Å². The van der Waals surface area contributed by atoms with Gasteiger partial charge in [-0.05, 0) is 71.1 Å². The number of nitrogens with zero attached hydrogens (tertiary/aromatic N) is 3. The minimum atomic E-state index is -0.0180. The fourth-order valence-electron chi connectivity index (χ4n) is 5.69. The number of thioether (sulfide) groups is 1. The predicted octanol–water partition coefficient (Wildman–Crippen LogP) is 9.69. The van der Waals surface area contributed by atoms with E-state index in [9.17, 15) is 4.79 Å². The molecular formula is C38H37N3O2S2. The summed E-state index contributed by atoms with van der Waals surface area (Å²) in [4.78, 5) is 16.0. The highest BCUT2D eigenvalue weighted by atomic mass is 32.2. The molecule has 1 unspecified atom stereocenters. The minimum absolute atomic E-state index is 0.0180. The van der Waals surface area contributed by atoms with Crippen molar-refractivity contribution in [3.63, 3.8) is 0 Å². The van der Waals surface area contributed by atoms with Crippen molar-refractivity contribution in [1.29, 1.82) is 0 Å². The maximum Gasteiger partial charge on any atom is 0.266 e. The number of hydrogen-bond donors (Lipinski definition) is 0. The number of ether oxygens (including phenoxy) is 1. The zero-order valence-electron chi connectivity index (χ0n) is 25.7. The summed E-state index contributed by atoms with van der Waals surface area (Å²) in [5, 5.41) is 7.37. The molecule has 1 aromatic heterocycles. The van der Waals surface area contributed by atoms with E-state index in [1.807, 2.05) is 71.6 Å². The van der Waals surface area contributed by atoms with Gasteiger partial charge in [-0.2, -0.15) is 5.10 Å². The van der Waals surface area contributed by atoms with Gasteiger partial charge < -0.3 is 4.74 Å². The Balaban J connectivity index is 1.26. The Kier molecular flexibility index (Phi) is 9.77. The Morgan fingerprint density at radius 3 is 2.47 bits per heavy atom. The van der Waals surface area contributed by atoms with E-state index in [2.05, 4.69) is 56.3 Å². The molecule has 1 atom stereocenters. The van der Waals surface area contributed by atoms with Crippen LogP contribution in [0.25, 0.3) is 33.8 Å². The number of carbonyl (C=O) groups is 1. The molecule has 0 aliphatic carbocycles. The van der Waals surface area contributed by atoms with Crippen molar-refractivity contribution >= 4 is 51.1 Å². The summed E-state index contributed by atoms with van der Waals surface area (Å²) in [6.07, 6.45) is 8.39. The van der Waals surface area contributed by atoms with Gasteiger partial charge in [-0.1, -0.05) is 118 Å². The highest BCUT2D eigenvalue weighted by Crippen LogP contribution is 2.36. The summed E-state index contributed by atoms with van der Waals surface area (Å²) in [6.45, 7) is 5.55. The lowest BCUT2D eigenvalue weighted by Crippen LogP contribution is -2.33. The number of carbonyl (C=O) groups excluding carboxylic acids is 1. The zero-order chi connectivity index (χ0) is 31.2. The van der Waals surface area contributed by atoms with Gasteiger partial charge in [0.25, 0.3) is 5.91 Å². The van der Waals surface area contributed by atoms with Gasteiger partial charge in [0.15, 0.2) is 0 Å². The fraction of sp³-hybridized carbons (Fsp3) is 0.237. The van der Waals surface area contributed by atoms with Crippen molar-refractivity contribution in [2.45, 2.75) is 46.1 Å². The highest BCUT2D eigenvalue weighted by Gasteiger charge is 2.33. The standard InChI is InChI=1S/C38H37N3O2S2/c1-3-5-12-27(4-2)24-40-37(42)35(45-38(40)44)23-31-25-41(32-16-7-6-8-17-32)39-36(31)29-19-21-33(22-20-29)43-26-30-15-11-14-28-13-9-10-18-34(28)30/h6-11,13-23,25,27H,3-5,12,24,26H2,1-2H3. The molecule has 6 rings (SSSR count). The molecule has 7 heteroatoms. The average Bonchev–Trinajstić information content (AvgIpc) is 3.62. The number of fused-ring (bicyclic) bond motifs is 1. The van der Waals surface area contributed by atoms with Crippen LogP contribution < -0.4 is 4.74 Å². The van der Waals surface area contributed by atoms with Crippen molar-refractivity contribution in [2.24, 2.45) is 5.92 Å². The minimum Gasteiger partial charge on any atom is -0.489 e.